The highest BCUT2D eigenvalue weighted by molar-refractivity contribution is 5.79. The second-order valence-electron chi connectivity index (χ2n) is 9.10. The first kappa shape index (κ1) is 22.6. The zero-order valence-electron chi connectivity index (χ0n) is 18.7. The summed E-state index contributed by atoms with van der Waals surface area (Å²) in [6.45, 7) is 4.76. The quantitative estimate of drug-likeness (QED) is 0.673. The number of piperazine rings is 1. The fraction of sp³-hybridized carbons (Fsp3) is 0.500. The molecule has 2 aromatic rings. The van der Waals surface area contributed by atoms with Crippen molar-refractivity contribution in [3.63, 3.8) is 0 Å². The number of primary amides is 1. The molecule has 2 aromatic carbocycles. The van der Waals surface area contributed by atoms with Gasteiger partial charge in [-0.15, -0.1) is 0 Å². The van der Waals surface area contributed by atoms with Gasteiger partial charge in [0.1, 0.15) is 11.6 Å². The van der Waals surface area contributed by atoms with Crippen LogP contribution in [0.5, 0.6) is 5.75 Å². The third-order valence-electron chi connectivity index (χ3n) is 7.03. The van der Waals surface area contributed by atoms with Crippen molar-refractivity contribution in [1.29, 1.82) is 0 Å². The second kappa shape index (κ2) is 10.8. The zero-order chi connectivity index (χ0) is 22.3. The van der Waals surface area contributed by atoms with Gasteiger partial charge in [-0.3, -0.25) is 9.69 Å². The van der Waals surface area contributed by atoms with Gasteiger partial charge in [0.15, 0.2) is 6.10 Å². The highest BCUT2D eigenvalue weighted by Gasteiger charge is 2.32. The Kier molecular flexibility index (Phi) is 7.63. The molecule has 0 radical (unpaired) electrons. The van der Waals surface area contributed by atoms with Crippen molar-refractivity contribution in [3.05, 3.63) is 60.4 Å². The van der Waals surface area contributed by atoms with Crippen LogP contribution in [0.3, 0.4) is 0 Å². The van der Waals surface area contributed by atoms with Crippen molar-refractivity contribution >= 4 is 11.6 Å². The van der Waals surface area contributed by atoms with Crippen LogP contribution in [-0.4, -0.2) is 49.6 Å². The molecule has 0 spiro atoms. The molecule has 1 saturated carbocycles. The molecule has 0 aromatic heterocycles. The van der Waals surface area contributed by atoms with Crippen LogP contribution < -0.4 is 15.4 Å². The molecule has 1 heterocycles. The average molecular weight is 440 g/mol. The summed E-state index contributed by atoms with van der Waals surface area (Å²) in [5.41, 5.74) is 6.39. The number of hydrogen-bond acceptors (Lipinski definition) is 4. The Morgan fingerprint density at radius 1 is 0.969 bits per heavy atom. The second-order valence-corrected chi connectivity index (χ2v) is 9.10. The lowest BCUT2D eigenvalue weighted by molar-refractivity contribution is -0.127. The fourth-order valence-electron chi connectivity index (χ4n) is 5.10. The summed E-state index contributed by atoms with van der Waals surface area (Å²) in [5.74, 6) is 1.07. The highest BCUT2D eigenvalue weighted by Crippen LogP contribution is 2.34. The van der Waals surface area contributed by atoms with Gasteiger partial charge in [0, 0.05) is 32.1 Å². The molecular formula is C26H34FN3O2. The SMILES string of the molecule is NC(=O)C(Oc1ccccc1)C1CCC(CCN2CCN(c3ccccc3F)CC2)CC1. The van der Waals surface area contributed by atoms with Crippen LogP contribution in [0.1, 0.15) is 32.1 Å². The molecule has 1 saturated heterocycles. The molecule has 0 bridgehead atoms. The van der Waals surface area contributed by atoms with E-state index in [9.17, 15) is 9.18 Å². The van der Waals surface area contributed by atoms with Gasteiger partial charge in [-0.05, 0) is 68.8 Å². The summed E-state index contributed by atoms with van der Waals surface area (Å²) in [7, 11) is 0. The molecule has 32 heavy (non-hydrogen) atoms. The Morgan fingerprint density at radius 2 is 1.62 bits per heavy atom. The van der Waals surface area contributed by atoms with E-state index in [-0.39, 0.29) is 17.6 Å². The first-order valence-electron chi connectivity index (χ1n) is 11.8. The minimum atomic E-state index is -0.551. The first-order chi connectivity index (χ1) is 15.6. The van der Waals surface area contributed by atoms with Gasteiger partial charge in [-0.25, -0.2) is 4.39 Å². The average Bonchev–Trinajstić information content (AvgIpc) is 2.83. The smallest absolute Gasteiger partial charge is 0.258 e. The van der Waals surface area contributed by atoms with Crippen molar-refractivity contribution in [2.24, 2.45) is 17.6 Å². The van der Waals surface area contributed by atoms with E-state index in [1.165, 1.54) is 12.5 Å². The van der Waals surface area contributed by atoms with Gasteiger partial charge in [-0.2, -0.15) is 0 Å². The van der Waals surface area contributed by atoms with Crippen molar-refractivity contribution in [3.8, 4) is 5.75 Å². The lowest BCUT2D eigenvalue weighted by Crippen LogP contribution is -2.47. The van der Waals surface area contributed by atoms with E-state index in [0.717, 1.165) is 58.4 Å². The third kappa shape index (κ3) is 5.80. The molecule has 1 atom stereocenters. The van der Waals surface area contributed by atoms with E-state index in [0.29, 0.717) is 17.4 Å². The predicted octanol–water partition coefficient (Wildman–Crippen LogP) is 4.08. The van der Waals surface area contributed by atoms with Crippen LogP contribution in [0.15, 0.2) is 54.6 Å². The maximum Gasteiger partial charge on any atom is 0.258 e. The van der Waals surface area contributed by atoms with Crippen LogP contribution in [0.2, 0.25) is 0 Å². The van der Waals surface area contributed by atoms with Crippen molar-refractivity contribution < 1.29 is 13.9 Å². The monoisotopic (exact) mass is 439 g/mol. The molecule has 2 N–H and O–H groups in total. The summed E-state index contributed by atoms with van der Waals surface area (Å²) < 4.78 is 20.0. The predicted molar refractivity (Wildman–Crippen MR) is 125 cm³/mol. The Bertz CT molecular complexity index is 862. The maximum atomic E-state index is 14.0. The summed E-state index contributed by atoms with van der Waals surface area (Å²) in [5, 5.41) is 0. The molecule has 1 unspecified atom stereocenters. The molecule has 1 aliphatic heterocycles. The molecular weight excluding hydrogens is 405 g/mol. The van der Waals surface area contributed by atoms with Gasteiger partial charge in [-0.1, -0.05) is 30.3 Å². The Balaban J connectivity index is 1.19. The highest BCUT2D eigenvalue weighted by atomic mass is 19.1. The van der Waals surface area contributed by atoms with E-state index in [1.807, 2.05) is 42.5 Å². The first-order valence-corrected chi connectivity index (χ1v) is 11.8. The number of rotatable bonds is 8. The van der Waals surface area contributed by atoms with Gasteiger partial charge < -0.3 is 15.4 Å². The molecule has 6 heteroatoms. The van der Waals surface area contributed by atoms with Crippen LogP contribution in [0.4, 0.5) is 10.1 Å². The van der Waals surface area contributed by atoms with Crippen LogP contribution in [0, 0.1) is 17.7 Å². The number of hydrogen-bond donors (Lipinski definition) is 1. The zero-order valence-corrected chi connectivity index (χ0v) is 18.7. The standard InChI is InChI=1S/C26H34FN3O2/c27-23-8-4-5-9-24(23)30-18-16-29(17-19-30)15-14-20-10-12-21(13-11-20)25(26(28)31)32-22-6-2-1-3-7-22/h1-9,20-21,25H,10-19H2,(H2,28,31). The van der Waals surface area contributed by atoms with E-state index in [4.69, 9.17) is 10.5 Å². The number of anilines is 1. The largest absolute Gasteiger partial charge is 0.480 e. The molecule has 5 nitrogen and oxygen atoms in total. The number of carbonyl (C=O) groups excluding carboxylic acids is 1. The molecule has 2 fully saturated rings. The summed E-state index contributed by atoms with van der Waals surface area (Å²) in [6.07, 6.45) is 4.81. The number of amides is 1. The van der Waals surface area contributed by atoms with Crippen molar-refractivity contribution in [1.82, 2.24) is 4.90 Å². The van der Waals surface area contributed by atoms with Crippen molar-refractivity contribution in [2.75, 3.05) is 37.6 Å². The van der Waals surface area contributed by atoms with E-state index < -0.39 is 6.10 Å². The molecule has 2 aliphatic rings. The lowest BCUT2D eigenvalue weighted by Gasteiger charge is -2.37. The number of carbonyl (C=O) groups is 1. The topological polar surface area (TPSA) is 58.8 Å². The normalized spacial score (nSPS) is 23.0. The lowest BCUT2D eigenvalue weighted by atomic mass is 9.78. The minimum absolute atomic E-state index is 0.136. The summed E-state index contributed by atoms with van der Waals surface area (Å²) >= 11 is 0. The van der Waals surface area contributed by atoms with Gasteiger partial charge >= 0.3 is 0 Å². The minimum Gasteiger partial charge on any atom is -0.480 e. The van der Waals surface area contributed by atoms with E-state index in [1.54, 1.807) is 6.07 Å². The fourth-order valence-corrected chi connectivity index (χ4v) is 5.10. The van der Waals surface area contributed by atoms with Crippen LogP contribution in [0.25, 0.3) is 0 Å². The van der Waals surface area contributed by atoms with Gasteiger partial charge in [0.25, 0.3) is 5.91 Å². The summed E-state index contributed by atoms with van der Waals surface area (Å²) in [6, 6.07) is 16.5. The van der Waals surface area contributed by atoms with Gasteiger partial charge in [0.05, 0.1) is 5.69 Å². The molecule has 4 rings (SSSR count). The van der Waals surface area contributed by atoms with Crippen LogP contribution in [-0.2, 0) is 4.79 Å². The van der Waals surface area contributed by atoms with E-state index >= 15 is 0 Å². The Hall–Kier alpha value is -2.60. The number of ether oxygens (including phenoxy) is 1. The van der Waals surface area contributed by atoms with Gasteiger partial charge in [0.2, 0.25) is 0 Å². The molecule has 172 valence electrons. The number of nitrogens with zero attached hydrogens (tertiary/aromatic N) is 2. The number of benzene rings is 2. The maximum absolute atomic E-state index is 14.0. The number of para-hydroxylation sites is 2. The molecule has 1 aliphatic carbocycles. The molecule has 1 amide bonds. The van der Waals surface area contributed by atoms with E-state index in [2.05, 4.69) is 9.80 Å². The van der Waals surface area contributed by atoms with Crippen LogP contribution >= 0.6 is 0 Å². The third-order valence-corrected chi connectivity index (χ3v) is 7.03. The Morgan fingerprint density at radius 3 is 2.28 bits per heavy atom. The van der Waals surface area contributed by atoms with Crippen molar-refractivity contribution in [2.45, 2.75) is 38.2 Å². The summed E-state index contributed by atoms with van der Waals surface area (Å²) in [4.78, 5) is 16.7. The Labute approximate surface area is 190 Å². The number of nitrogens with two attached hydrogens (primary N) is 1. The number of halogens is 1.